The van der Waals surface area contributed by atoms with Gasteiger partial charge in [0.2, 0.25) is 0 Å². The average Bonchev–Trinajstić information content (AvgIpc) is 2.81. The summed E-state index contributed by atoms with van der Waals surface area (Å²) in [5.41, 5.74) is 4.87. The molecule has 0 aliphatic rings. The number of aromatic hydroxyl groups is 1. The van der Waals surface area contributed by atoms with Crippen molar-refractivity contribution in [3.63, 3.8) is 0 Å². The van der Waals surface area contributed by atoms with Crippen LogP contribution in [0.3, 0.4) is 0 Å². The second kappa shape index (κ2) is 14.4. The molecule has 2 amide bonds. The van der Waals surface area contributed by atoms with Crippen LogP contribution >= 0.6 is 0 Å². The van der Waals surface area contributed by atoms with Crippen LogP contribution in [0.4, 0.5) is 10.5 Å². The summed E-state index contributed by atoms with van der Waals surface area (Å²) in [4.78, 5) is 12.5. The molecule has 206 valence electrons. The lowest BCUT2D eigenvalue weighted by Gasteiger charge is -2.28. The molecule has 0 spiro atoms. The maximum absolute atomic E-state index is 12.5. The largest absolute Gasteiger partial charge is 0.507 e. The van der Waals surface area contributed by atoms with E-state index >= 15 is 0 Å². The highest BCUT2D eigenvalue weighted by molar-refractivity contribution is 5.90. The first-order valence-corrected chi connectivity index (χ1v) is 14.4. The van der Waals surface area contributed by atoms with Crippen molar-refractivity contribution in [1.82, 2.24) is 5.32 Å². The molecule has 0 heterocycles. The quantitative estimate of drug-likeness (QED) is 0.236. The third kappa shape index (κ3) is 10.4. The summed E-state index contributed by atoms with van der Waals surface area (Å²) in [6, 6.07) is 12.2. The van der Waals surface area contributed by atoms with Crippen molar-refractivity contribution in [1.29, 1.82) is 0 Å². The van der Waals surface area contributed by atoms with Crippen molar-refractivity contribution in [3.8, 4) is 5.75 Å². The Morgan fingerprint density at radius 2 is 1.32 bits per heavy atom. The van der Waals surface area contributed by atoms with Crippen LogP contribution in [0, 0.1) is 0 Å². The number of phenolic OH excluding ortho intramolecular Hbond substituents is 1. The molecule has 0 fully saturated rings. The Hall–Kier alpha value is -2.49. The number of amides is 2. The summed E-state index contributed by atoms with van der Waals surface area (Å²) in [7, 11) is 0. The normalized spacial score (nSPS) is 12.0. The number of nitrogens with one attached hydrogen (secondary N) is 2. The average molecular weight is 509 g/mol. The van der Waals surface area contributed by atoms with Crippen LogP contribution in [0.2, 0.25) is 0 Å². The van der Waals surface area contributed by atoms with Gasteiger partial charge in [0.05, 0.1) is 0 Å². The maximum atomic E-state index is 12.5. The predicted molar refractivity (Wildman–Crippen MR) is 159 cm³/mol. The third-order valence-electron chi connectivity index (χ3n) is 7.05. The molecule has 0 saturated heterocycles. The van der Waals surface area contributed by atoms with Crippen LogP contribution in [0.5, 0.6) is 5.75 Å². The molecule has 2 aromatic carbocycles. The Labute approximate surface area is 226 Å². The number of hydrogen-bond donors (Lipinski definition) is 3. The molecular weight excluding hydrogens is 456 g/mol. The molecule has 2 rings (SSSR count). The highest BCUT2D eigenvalue weighted by Crippen LogP contribution is 2.40. The first-order valence-electron chi connectivity index (χ1n) is 14.4. The Kier molecular flexibility index (Phi) is 12.0. The summed E-state index contributed by atoms with van der Waals surface area (Å²) in [5.74, 6) is 0.416. The van der Waals surface area contributed by atoms with Crippen molar-refractivity contribution >= 4 is 11.7 Å². The second-order valence-corrected chi connectivity index (χ2v) is 12.6. The molecule has 0 atom stereocenters. The number of phenols is 1. The first-order chi connectivity index (χ1) is 17.4. The van der Waals surface area contributed by atoms with E-state index in [0.717, 1.165) is 41.6 Å². The van der Waals surface area contributed by atoms with Crippen LogP contribution in [0.1, 0.15) is 122 Å². The van der Waals surface area contributed by atoms with E-state index in [4.69, 9.17) is 0 Å². The first kappa shape index (κ1) is 30.7. The SMILES string of the molecule is CCCCCCCCCCNC(=O)Nc1ccccc1CCc1cc(C(C)(C)C)c(O)c(C(C)(C)C)c1. The Morgan fingerprint density at radius 3 is 1.89 bits per heavy atom. The fourth-order valence-electron chi connectivity index (χ4n) is 4.75. The molecule has 3 N–H and O–H groups in total. The topological polar surface area (TPSA) is 61.4 Å². The van der Waals surface area contributed by atoms with Crippen LogP contribution in [-0.2, 0) is 23.7 Å². The molecule has 0 saturated carbocycles. The molecule has 37 heavy (non-hydrogen) atoms. The highest BCUT2D eigenvalue weighted by atomic mass is 16.3. The molecule has 0 bridgehead atoms. The minimum Gasteiger partial charge on any atom is -0.507 e. The van der Waals surface area contributed by atoms with Crippen LogP contribution in [-0.4, -0.2) is 17.7 Å². The van der Waals surface area contributed by atoms with Gasteiger partial charge in [0, 0.05) is 12.2 Å². The third-order valence-corrected chi connectivity index (χ3v) is 7.05. The highest BCUT2D eigenvalue weighted by Gasteiger charge is 2.26. The Morgan fingerprint density at radius 1 is 0.784 bits per heavy atom. The lowest BCUT2D eigenvalue weighted by Crippen LogP contribution is -2.29. The number of anilines is 1. The van der Waals surface area contributed by atoms with E-state index in [2.05, 4.69) is 77.3 Å². The van der Waals surface area contributed by atoms with Gasteiger partial charge in [-0.05, 0) is 58.4 Å². The van der Waals surface area contributed by atoms with Gasteiger partial charge < -0.3 is 15.7 Å². The molecular formula is C33H52N2O2. The van der Waals surface area contributed by atoms with Crippen molar-refractivity contribution in [2.75, 3.05) is 11.9 Å². The number of para-hydroxylation sites is 1. The number of urea groups is 1. The van der Waals surface area contributed by atoms with E-state index in [1.54, 1.807) is 0 Å². The van der Waals surface area contributed by atoms with Gasteiger partial charge >= 0.3 is 6.03 Å². The summed E-state index contributed by atoms with van der Waals surface area (Å²) in [6.07, 6.45) is 11.7. The van der Waals surface area contributed by atoms with Gasteiger partial charge in [-0.15, -0.1) is 0 Å². The van der Waals surface area contributed by atoms with E-state index in [-0.39, 0.29) is 16.9 Å². The van der Waals surface area contributed by atoms with E-state index in [1.807, 2.05) is 18.2 Å². The standard InChI is InChI=1S/C33H52N2O2/c1-8-9-10-11-12-13-14-17-22-34-31(37)35-29-19-16-15-18-26(29)21-20-25-23-27(32(2,3)4)30(36)28(24-25)33(5,6)7/h15-16,18-19,23-24,36H,8-14,17,20-22H2,1-7H3,(H2,34,35,37). The fourth-order valence-corrected chi connectivity index (χ4v) is 4.75. The minimum absolute atomic E-state index is 0.134. The lowest BCUT2D eigenvalue weighted by molar-refractivity contribution is 0.252. The van der Waals surface area contributed by atoms with Crippen LogP contribution in [0.25, 0.3) is 0 Å². The second-order valence-electron chi connectivity index (χ2n) is 12.6. The van der Waals surface area contributed by atoms with E-state index in [1.165, 1.54) is 50.5 Å². The zero-order valence-electron chi connectivity index (χ0n) is 24.6. The molecule has 0 unspecified atom stereocenters. The molecule has 0 aliphatic carbocycles. The van der Waals surface area contributed by atoms with Crippen LogP contribution in [0.15, 0.2) is 36.4 Å². The van der Waals surface area contributed by atoms with E-state index in [0.29, 0.717) is 12.3 Å². The molecule has 0 aromatic heterocycles. The van der Waals surface area contributed by atoms with Crippen molar-refractivity contribution in [2.24, 2.45) is 0 Å². The summed E-state index contributed by atoms with van der Waals surface area (Å²) in [5, 5.41) is 17.1. The molecule has 0 aliphatic heterocycles. The van der Waals surface area contributed by atoms with Crippen molar-refractivity contribution in [3.05, 3.63) is 58.7 Å². The number of carbonyl (C=O) groups is 1. The Balaban J connectivity index is 1.96. The zero-order valence-corrected chi connectivity index (χ0v) is 24.6. The minimum atomic E-state index is -0.146. The number of aryl methyl sites for hydroxylation is 2. The van der Waals surface area contributed by atoms with Gasteiger partial charge in [-0.2, -0.15) is 0 Å². The molecule has 0 radical (unpaired) electrons. The molecule has 4 heteroatoms. The summed E-state index contributed by atoms with van der Waals surface area (Å²) in [6.45, 7) is 15.8. The molecule has 4 nitrogen and oxygen atoms in total. The number of rotatable bonds is 13. The van der Waals surface area contributed by atoms with Crippen molar-refractivity contribution < 1.29 is 9.90 Å². The van der Waals surface area contributed by atoms with Crippen molar-refractivity contribution in [2.45, 2.75) is 124 Å². The smallest absolute Gasteiger partial charge is 0.319 e. The number of benzene rings is 2. The lowest BCUT2D eigenvalue weighted by atomic mass is 9.78. The summed E-state index contributed by atoms with van der Waals surface area (Å²) >= 11 is 0. The van der Waals surface area contributed by atoms with Gasteiger partial charge in [0.25, 0.3) is 0 Å². The van der Waals surface area contributed by atoms with E-state index < -0.39 is 0 Å². The number of carbonyl (C=O) groups excluding carboxylic acids is 1. The number of unbranched alkanes of at least 4 members (excludes halogenated alkanes) is 7. The Bertz CT molecular complexity index is 948. The van der Waals surface area contributed by atoms with E-state index in [9.17, 15) is 9.90 Å². The summed E-state index contributed by atoms with van der Waals surface area (Å²) < 4.78 is 0. The molecule has 2 aromatic rings. The fraction of sp³-hybridized carbons (Fsp3) is 0.606. The van der Waals surface area contributed by atoms with Crippen LogP contribution < -0.4 is 10.6 Å². The monoisotopic (exact) mass is 508 g/mol. The van der Waals surface area contributed by atoms with Gasteiger partial charge in [-0.3, -0.25) is 0 Å². The number of hydrogen-bond acceptors (Lipinski definition) is 2. The maximum Gasteiger partial charge on any atom is 0.319 e. The van der Waals surface area contributed by atoms with Gasteiger partial charge in [0.15, 0.2) is 0 Å². The van der Waals surface area contributed by atoms with Gasteiger partial charge in [0.1, 0.15) is 5.75 Å². The predicted octanol–water partition coefficient (Wildman–Crippen LogP) is 9.03. The van der Waals surface area contributed by atoms with Gasteiger partial charge in [-0.1, -0.05) is 124 Å². The zero-order chi connectivity index (χ0) is 27.5. The van der Waals surface area contributed by atoms with Gasteiger partial charge in [-0.25, -0.2) is 4.79 Å².